The zero-order chi connectivity index (χ0) is 19.4. The molecule has 0 atom stereocenters. The number of likely N-dealkylation sites (tertiary alicyclic amines) is 1. The summed E-state index contributed by atoms with van der Waals surface area (Å²) in [5, 5.41) is 0. The van der Waals surface area contributed by atoms with Gasteiger partial charge in [0.05, 0.1) is 25.8 Å². The molecule has 8 heteroatoms. The zero-order valence-corrected chi connectivity index (χ0v) is 16.1. The summed E-state index contributed by atoms with van der Waals surface area (Å²) >= 11 is 0. The van der Waals surface area contributed by atoms with E-state index in [4.69, 9.17) is 10.5 Å². The molecule has 1 aromatic heterocycles. The quantitative estimate of drug-likeness (QED) is 0.826. The van der Waals surface area contributed by atoms with E-state index >= 15 is 0 Å². The Morgan fingerprint density at radius 3 is 2.59 bits per heavy atom. The number of pyridine rings is 1. The number of ether oxygens (including phenoxy) is 1. The molecule has 3 rings (SSSR count). The highest BCUT2D eigenvalue weighted by Gasteiger charge is 2.34. The first-order chi connectivity index (χ1) is 12.9. The third kappa shape index (κ3) is 4.95. The lowest BCUT2D eigenvalue weighted by molar-refractivity contribution is -0.0493. The highest BCUT2D eigenvalue weighted by atomic mass is 16.5. The van der Waals surface area contributed by atoms with Crippen LogP contribution in [0.2, 0.25) is 0 Å². The molecule has 0 aliphatic carbocycles. The van der Waals surface area contributed by atoms with Gasteiger partial charge in [0.2, 0.25) is 0 Å². The Labute approximate surface area is 160 Å². The molecular weight excluding hydrogens is 346 g/mol. The smallest absolute Gasteiger partial charge is 0.320 e. The molecule has 2 aliphatic rings. The number of rotatable bonds is 5. The Hall–Kier alpha value is -2.19. The number of aromatic nitrogens is 1. The molecule has 1 aromatic rings. The van der Waals surface area contributed by atoms with Crippen LogP contribution < -0.4 is 5.73 Å². The van der Waals surface area contributed by atoms with Crippen molar-refractivity contribution in [3.05, 3.63) is 29.6 Å². The van der Waals surface area contributed by atoms with Crippen molar-refractivity contribution in [3.8, 4) is 0 Å². The number of hydrogen-bond donors (Lipinski definition) is 1. The van der Waals surface area contributed by atoms with Crippen molar-refractivity contribution in [3.63, 3.8) is 0 Å². The molecule has 8 nitrogen and oxygen atoms in total. The number of hydrogen-bond acceptors (Lipinski definition) is 5. The van der Waals surface area contributed by atoms with Crippen molar-refractivity contribution in [2.75, 3.05) is 39.3 Å². The standard InChI is InChI=1S/C19H29N5O3/c1-14(2)22-6-3-7-23(9-8-22)19(26)24-11-16(12-24)27-13-15-4-5-17(18(20)25)21-10-15/h4-5,10,14,16H,3,6-9,11-13H2,1-2H3,(H2,20,25). The van der Waals surface area contributed by atoms with E-state index in [9.17, 15) is 9.59 Å². The second kappa shape index (κ2) is 8.67. The molecule has 2 saturated heterocycles. The van der Waals surface area contributed by atoms with E-state index in [0.29, 0.717) is 25.7 Å². The van der Waals surface area contributed by atoms with Gasteiger partial charge >= 0.3 is 6.03 Å². The second-order valence-corrected chi connectivity index (χ2v) is 7.51. The number of nitrogens with two attached hydrogens (primary N) is 1. The van der Waals surface area contributed by atoms with E-state index in [1.807, 2.05) is 9.80 Å². The van der Waals surface area contributed by atoms with E-state index in [1.54, 1.807) is 18.3 Å². The minimum absolute atomic E-state index is 0.0453. The maximum atomic E-state index is 12.7. The molecule has 2 fully saturated rings. The maximum Gasteiger partial charge on any atom is 0.320 e. The molecule has 3 heterocycles. The summed E-state index contributed by atoms with van der Waals surface area (Å²) in [5.74, 6) is -0.541. The van der Waals surface area contributed by atoms with E-state index in [1.165, 1.54) is 0 Å². The third-order valence-electron chi connectivity index (χ3n) is 5.21. The first-order valence-electron chi connectivity index (χ1n) is 9.58. The van der Waals surface area contributed by atoms with Gasteiger partial charge in [0.15, 0.2) is 0 Å². The number of amides is 3. The molecule has 148 valence electrons. The summed E-state index contributed by atoms with van der Waals surface area (Å²) in [6, 6.07) is 4.02. The van der Waals surface area contributed by atoms with Gasteiger partial charge in [0.1, 0.15) is 5.69 Å². The Bertz CT molecular complexity index is 658. The molecule has 2 aliphatic heterocycles. The van der Waals surface area contributed by atoms with E-state index in [0.717, 1.165) is 38.2 Å². The molecule has 0 aromatic carbocycles. The SMILES string of the molecule is CC(C)N1CCCN(C(=O)N2CC(OCc3ccc(C(N)=O)nc3)C2)CC1. The monoisotopic (exact) mass is 375 g/mol. The first-order valence-corrected chi connectivity index (χ1v) is 9.58. The Morgan fingerprint density at radius 2 is 1.96 bits per heavy atom. The lowest BCUT2D eigenvalue weighted by atomic mass is 10.1. The van der Waals surface area contributed by atoms with Gasteiger partial charge in [-0.1, -0.05) is 6.07 Å². The van der Waals surface area contributed by atoms with Crippen molar-refractivity contribution < 1.29 is 14.3 Å². The largest absolute Gasteiger partial charge is 0.370 e. The van der Waals surface area contributed by atoms with E-state index < -0.39 is 5.91 Å². The first kappa shape index (κ1) is 19.6. The molecule has 0 spiro atoms. The Morgan fingerprint density at radius 1 is 1.19 bits per heavy atom. The summed E-state index contributed by atoms with van der Waals surface area (Å²) in [7, 11) is 0. The van der Waals surface area contributed by atoms with Crippen LogP contribution in [0.25, 0.3) is 0 Å². The van der Waals surface area contributed by atoms with Crippen LogP contribution in [0.15, 0.2) is 18.3 Å². The number of carbonyl (C=O) groups excluding carboxylic acids is 2. The van der Waals surface area contributed by atoms with Crippen LogP contribution in [0, 0.1) is 0 Å². The molecule has 2 N–H and O–H groups in total. The van der Waals surface area contributed by atoms with Crippen LogP contribution in [0.1, 0.15) is 36.3 Å². The van der Waals surface area contributed by atoms with Crippen LogP contribution in [0.5, 0.6) is 0 Å². The van der Waals surface area contributed by atoms with Crippen LogP contribution in [0.3, 0.4) is 0 Å². The predicted octanol–water partition coefficient (Wildman–Crippen LogP) is 0.917. The van der Waals surface area contributed by atoms with Crippen molar-refractivity contribution in [2.24, 2.45) is 5.73 Å². The lowest BCUT2D eigenvalue weighted by Crippen LogP contribution is -2.58. The van der Waals surface area contributed by atoms with Crippen LogP contribution in [0.4, 0.5) is 4.79 Å². The minimum Gasteiger partial charge on any atom is -0.370 e. The molecule has 27 heavy (non-hydrogen) atoms. The van der Waals surface area contributed by atoms with Gasteiger partial charge in [-0.2, -0.15) is 0 Å². The van der Waals surface area contributed by atoms with Crippen molar-refractivity contribution in [2.45, 2.75) is 39.0 Å². The normalized spacial score (nSPS) is 19.1. The highest BCUT2D eigenvalue weighted by Crippen LogP contribution is 2.17. The van der Waals surface area contributed by atoms with Gasteiger partial charge < -0.3 is 20.3 Å². The van der Waals surface area contributed by atoms with Gasteiger partial charge in [0.25, 0.3) is 5.91 Å². The fourth-order valence-electron chi connectivity index (χ4n) is 3.41. The topological polar surface area (TPSA) is 92.0 Å². The average Bonchev–Trinajstić information content (AvgIpc) is 2.87. The van der Waals surface area contributed by atoms with Gasteiger partial charge in [-0.05, 0) is 31.9 Å². The van der Waals surface area contributed by atoms with Crippen molar-refractivity contribution >= 4 is 11.9 Å². The van der Waals surface area contributed by atoms with Gasteiger partial charge in [-0.25, -0.2) is 4.79 Å². The molecule has 0 radical (unpaired) electrons. The molecule has 0 unspecified atom stereocenters. The number of carbonyl (C=O) groups is 2. The molecule has 0 saturated carbocycles. The summed E-state index contributed by atoms with van der Waals surface area (Å²) in [6.07, 6.45) is 2.66. The zero-order valence-electron chi connectivity index (χ0n) is 16.1. The Balaban J connectivity index is 1.40. The summed E-state index contributed by atoms with van der Waals surface area (Å²) in [5.41, 5.74) is 6.30. The fourth-order valence-corrected chi connectivity index (χ4v) is 3.41. The molecule has 3 amide bonds. The second-order valence-electron chi connectivity index (χ2n) is 7.51. The Kier molecular flexibility index (Phi) is 6.28. The van der Waals surface area contributed by atoms with Gasteiger partial charge in [0, 0.05) is 38.4 Å². The lowest BCUT2D eigenvalue weighted by Gasteiger charge is -2.41. The minimum atomic E-state index is -0.541. The molecular formula is C19H29N5O3. The summed E-state index contributed by atoms with van der Waals surface area (Å²) < 4.78 is 5.83. The molecule has 0 bridgehead atoms. The van der Waals surface area contributed by atoms with E-state index in [2.05, 4.69) is 23.7 Å². The van der Waals surface area contributed by atoms with Gasteiger partial charge in [-0.3, -0.25) is 14.7 Å². The number of primary amides is 1. The fraction of sp³-hybridized carbons (Fsp3) is 0.632. The van der Waals surface area contributed by atoms with Crippen LogP contribution in [-0.4, -0.2) is 83.0 Å². The highest BCUT2D eigenvalue weighted by molar-refractivity contribution is 5.90. The van der Waals surface area contributed by atoms with E-state index in [-0.39, 0.29) is 17.8 Å². The van der Waals surface area contributed by atoms with Gasteiger partial charge in [-0.15, -0.1) is 0 Å². The van der Waals surface area contributed by atoms with Crippen molar-refractivity contribution in [1.29, 1.82) is 0 Å². The third-order valence-corrected chi connectivity index (χ3v) is 5.21. The number of urea groups is 1. The number of nitrogens with zero attached hydrogens (tertiary/aromatic N) is 4. The van der Waals surface area contributed by atoms with Crippen molar-refractivity contribution in [1.82, 2.24) is 19.7 Å². The maximum absolute atomic E-state index is 12.7. The van der Waals surface area contributed by atoms with Crippen LogP contribution >= 0.6 is 0 Å². The summed E-state index contributed by atoms with van der Waals surface area (Å²) in [6.45, 7) is 9.65. The van der Waals surface area contributed by atoms with Crippen LogP contribution in [-0.2, 0) is 11.3 Å². The summed E-state index contributed by atoms with van der Waals surface area (Å²) in [4.78, 5) is 33.9. The predicted molar refractivity (Wildman–Crippen MR) is 101 cm³/mol. The average molecular weight is 375 g/mol.